The fraction of sp³-hybridized carbons (Fsp3) is 0.148. The number of aromatic nitrogens is 2. The molecule has 0 atom stereocenters. The highest BCUT2D eigenvalue weighted by molar-refractivity contribution is 7.22. The van der Waals surface area contributed by atoms with E-state index in [1.807, 2.05) is 60.7 Å². The van der Waals surface area contributed by atoms with Gasteiger partial charge in [0.1, 0.15) is 5.82 Å². The van der Waals surface area contributed by atoms with Crippen LogP contribution in [0.5, 0.6) is 0 Å². The molecular weight excluding hydrogens is 458 g/mol. The topological polar surface area (TPSA) is 79.4 Å². The number of thiazole rings is 1. The summed E-state index contributed by atoms with van der Waals surface area (Å²) in [6.07, 6.45) is 1.79. The van der Waals surface area contributed by atoms with Gasteiger partial charge in [0.15, 0.2) is 5.13 Å². The summed E-state index contributed by atoms with van der Waals surface area (Å²) in [5, 5.41) is 9.22. The molecule has 6 rings (SSSR count). The average Bonchev–Trinajstić information content (AvgIpc) is 3.31. The number of benzene rings is 3. The van der Waals surface area contributed by atoms with Gasteiger partial charge in [-0.25, -0.2) is 9.97 Å². The van der Waals surface area contributed by atoms with E-state index in [0.29, 0.717) is 5.56 Å². The molecule has 0 spiro atoms. The van der Waals surface area contributed by atoms with Crippen LogP contribution < -0.4 is 15.5 Å². The Hall–Kier alpha value is -4.01. The first-order valence-corrected chi connectivity index (χ1v) is 12.3. The quantitative estimate of drug-likeness (QED) is 0.336. The van der Waals surface area contributed by atoms with Crippen molar-refractivity contribution in [3.05, 3.63) is 84.6 Å². The Bertz CT molecular complexity index is 1500. The molecule has 5 aromatic rings. The molecule has 1 aliphatic rings. The summed E-state index contributed by atoms with van der Waals surface area (Å²) in [6, 6.07) is 23.6. The van der Waals surface area contributed by atoms with Crippen molar-refractivity contribution >= 4 is 60.6 Å². The lowest BCUT2D eigenvalue weighted by molar-refractivity contribution is 0.102. The number of morpholine rings is 1. The molecule has 1 saturated heterocycles. The zero-order chi connectivity index (χ0) is 23.6. The lowest BCUT2D eigenvalue weighted by Crippen LogP contribution is -2.36. The predicted molar refractivity (Wildman–Crippen MR) is 142 cm³/mol. The van der Waals surface area contributed by atoms with Crippen LogP contribution in [0.3, 0.4) is 0 Å². The van der Waals surface area contributed by atoms with E-state index in [9.17, 15) is 4.79 Å². The number of nitrogens with one attached hydrogen (secondary N) is 2. The van der Waals surface area contributed by atoms with Crippen LogP contribution in [-0.4, -0.2) is 42.2 Å². The van der Waals surface area contributed by atoms with E-state index in [-0.39, 0.29) is 5.91 Å². The number of amides is 1. The number of nitrogens with zero attached hydrogens (tertiary/aromatic N) is 3. The van der Waals surface area contributed by atoms with Gasteiger partial charge in [0.05, 0.1) is 23.4 Å². The van der Waals surface area contributed by atoms with E-state index in [4.69, 9.17) is 4.74 Å². The number of pyridine rings is 1. The van der Waals surface area contributed by atoms with Gasteiger partial charge < -0.3 is 20.3 Å². The molecule has 0 saturated carbocycles. The molecule has 0 bridgehead atoms. The Morgan fingerprint density at radius 2 is 1.80 bits per heavy atom. The molecule has 2 aromatic heterocycles. The number of carbonyl (C=O) groups is 1. The molecule has 2 N–H and O–H groups in total. The van der Waals surface area contributed by atoms with Crippen molar-refractivity contribution < 1.29 is 9.53 Å². The van der Waals surface area contributed by atoms with Gasteiger partial charge in [-0.2, -0.15) is 0 Å². The van der Waals surface area contributed by atoms with Crippen LogP contribution in [0.25, 0.3) is 21.0 Å². The smallest absolute Gasteiger partial charge is 0.255 e. The van der Waals surface area contributed by atoms with Crippen LogP contribution in [0.2, 0.25) is 0 Å². The van der Waals surface area contributed by atoms with E-state index in [2.05, 4.69) is 31.6 Å². The Balaban J connectivity index is 1.18. The molecule has 35 heavy (non-hydrogen) atoms. The third kappa shape index (κ3) is 4.53. The molecule has 8 heteroatoms. The fourth-order valence-electron chi connectivity index (χ4n) is 4.22. The third-order valence-corrected chi connectivity index (χ3v) is 6.98. The highest BCUT2D eigenvalue weighted by Gasteiger charge is 2.13. The van der Waals surface area contributed by atoms with Gasteiger partial charge in [0, 0.05) is 41.6 Å². The zero-order valence-electron chi connectivity index (χ0n) is 18.9. The number of rotatable bonds is 5. The molecule has 1 aliphatic heterocycles. The van der Waals surface area contributed by atoms with Crippen molar-refractivity contribution in [3.8, 4) is 0 Å². The van der Waals surface area contributed by atoms with E-state index >= 15 is 0 Å². The number of anilines is 4. The van der Waals surface area contributed by atoms with E-state index in [0.717, 1.165) is 69.6 Å². The summed E-state index contributed by atoms with van der Waals surface area (Å²) in [6.45, 7) is 3.25. The van der Waals surface area contributed by atoms with Crippen LogP contribution in [0.15, 0.2) is 79.0 Å². The van der Waals surface area contributed by atoms with Crippen molar-refractivity contribution in [2.75, 3.05) is 41.8 Å². The van der Waals surface area contributed by atoms with Crippen LogP contribution in [0, 0.1) is 0 Å². The maximum absolute atomic E-state index is 12.9. The average molecular weight is 482 g/mol. The van der Waals surface area contributed by atoms with Gasteiger partial charge in [-0.3, -0.25) is 4.79 Å². The SMILES string of the molecule is O=C(Nc1ccc(N2CCOCC2)cc1)c1ccc2nc(Nc3nccc4ccccc34)sc2c1. The molecule has 3 aromatic carbocycles. The molecule has 1 amide bonds. The number of hydrogen-bond donors (Lipinski definition) is 2. The Morgan fingerprint density at radius 1 is 0.971 bits per heavy atom. The Kier molecular flexibility index (Phi) is 5.73. The highest BCUT2D eigenvalue weighted by Crippen LogP contribution is 2.31. The first-order valence-electron chi connectivity index (χ1n) is 11.5. The van der Waals surface area contributed by atoms with E-state index < -0.39 is 0 Å². The highest BCUT2D eigenvalue weighted by atomic mass is 32.1. The largest absolute Gasteiger partial charge is 0.378 e. The summed E-state index contributed by atoms with van der Waals surface area (Å²) in [5.74, 6) is 0.616. The molecular formula is C27H23N5O2S. The maximum atomic E-state index is 12.9. The second kappa shape index (κ2) is 9.32. The number of carbonyl (C=O) groups excluding carboxylic acids is 1. The molecule has 0 aliphatic carbocycles. The monoisotopic (exact) mass is 481 g/mol. The molecule has 0 unspecified atom stereocenters. The minimum atomic E-state index is -0.148. The Labute approximate surface area is 206 Å². The predicted octanol–water partition coefficient (Wildman–Crippen LogP) is 5.68. The first-order chi connectivity index (χ1) is 17.2. The summed E-state index contributed by atoms with van der Waals surface area (Å²) >= 11 is 1.50. The minimum Gasteiger partial charge on any atom is -0.378 e. The van der Waals surface area contributed by atoms with Crippen molar-refractivity contribution in [2.24, 2.45) is 0 Å². The first kappa shape index (κ1) is 21.5. The van der Waals surface area contributed by atoms with Gasteiger partial charge in [-0.15, -0.1) is 0 Å². The number of hydrogen-bond acceptors (Lipinski definition) is 7. The standard InChI is InChI=1S/C27H23N5O2S/c33-26(29-20-6-8-21(9-7-20)32-13-15-34-16-14-32)19-5-10-23-24(17-19)35-27(30-23)31-25-22-4-2-1-3-18(22)11-12-28-25/h1-12,17H,13-16H2,(H,29,33)(H,28,30,31). The fourth-order valence-corrected chi connectivity index (χ4v) is 5.12. The third-order valence-electron chi connectivity index (χ3n) is 6.05. The summed E-state index contributed by atoms with van der Waals surface area (Å²) in [4.78, 5) is 24.4. The van der Waals surface area contributed by atoms with Crippen LogP contribution in [0.1, 0.15) is 10.4 Å². The lowest BCUT2D eigenvalue weighted by Gasteiger charge is -2.28. The van der Waals surface area contributed by atoms with E-state index in [1.165, 1.54) is 11.3 Å². The van der Waals surface area contributed by atoms with Crippen LogP contribution in [0.4, 0.5) is 22.3 Å². The summed E-state index contributed by atoms with van der Waals surface area (Å²) < 4.78 is 6.35. The second-order valence-corrected chi connectivity index (χ2v) is 9.34. The van der Waals surface area contributed by atoms with Gasteiger partial charge in [-0.05, 0) is 53.9 Å². The minimum absolute atomic E-state index is 0.148. The van der Waals surface area contributed by atoms with Crippen molar-refractivity contribution in [1.82, 2.24) is 9.97 Å². The van der Waals surface area contributed by atoms with Crippen molar-refractivity contribution in [3.63, 3.8) is 0 Å². The van der Waals surface area contributed by atoms with E-state index in [1.54, 1.807) is 12.3 Å². The van der Waals surface area contributed by atoms with Crippen LogP contribution >= 0.6 is 11.3 Å². The number of fused-ring (bicyclic) bond motifs is 2. The van der Waals surface area contributed by atoms with Crippen molar-refractivity contribution in [2.45, 2.75) is 0 Å². The second-order valence-electron chi connectivity index (χ2n) is 8.31. The molecule has 0 radical (unpaired) electrons. The molecule has 1 fully saturated rings. The zero-order valence-corrected chi connectivity index (χ0v) is 19.7. The Morgan fingerprint density at radius 3 is 2.66 bits per heavy atom. The normalized spacial score (nSPS) is 13.8. The van der Waals surface area contributed by atoms with Gasteiger partial charge in [0.25, 0.3) is 5.91 Å². The maximum Gasteiger partial charge on any atom is 0.255 e. The summed E-state index contributed by atoms with van der Waals surface area (Å²) in [7, 11) is 0. The van der Waals surface area contributed by atoms with Crippen molar-refractivity contribution in [1.29, 1.82) is 0 Å². The van der Waals surface area contributed by atoms with Gasteiger partial charge in [-0.1, -0.05) is 35.6 Å². The molecule has 3 heterocycles. The molecule has 7 nitrogen and oxygen atoms in total. The molecule has 174 valence electrons. The van der Waals surface area contributed by atoms with Crippen LogP contribution in [-0.2, 0) is 4.74 Å². The number of ether oxygens (including phenoxy) is 1. The van der Waals surface area contributed by atoms with Gasteiger partial charge >= 0.3 is 0 Å². The lowest BCUT2D eigenvalue weighted by atomic mass is 10.1. The van der Waals surface area contributed by atoms with Gasteiger partial charge in [0.2, 0.25) is 0 Å². The summed E-state index contributed by atoms with van der Waals surface area (Å²) in [5.41, 5.74) is 3.33.